The number of para-hydroxylation sites is 1. The van der Waals surface area contributed by atoms with Gasteiger partial charge in [0, 0.05) is 31.3 Å². The molecule has 30 heavy (non-hydrogen) atoms. The Hall–Kier alpha value is -2.27. The highest BCUT2D eigenvalue weighted by atomic mass is 32.2. The van der Waals surface area contributed by atoms with Crippen LogP contribution in [-0.4, -0.2) is 54.0 Å². The molecule has 0 bridgehead atoms. The first-order chi connectivity index (χ1) is 14.1. The maximum atomic E-state index is 12.9. The minimum atomic E-state index is -3.95. The molecular formula is C20H26N4O4S2. The predicted octanol–water partition coefficient (Wildman–Crippen LogP) is 2.11. The summed E-state index contributed by atoms with van der Waals surface area (Å²) in [6.07, 6.45) is 1.67. The molecule has 0 unspecified atom stereocenters. The summed E-state index contributed by atoms with van der Waals surface area (Å²) in [7, 11) is -4.77. The summed E-state index contributed by atoms with van der Waals surface area (Å²) in [6.45, 7) is 1.67. The molecule has 1 heterocycles. The molecule has 1 aliphatic rings. The Kier molecular flexibility index (Phi) is 6.61. The summed E-state index contributed by atoms with van der Waals surface area (Å²) in [6, 6.07) is 11.9. The summed E-state index contributed by atoms with van der Waals surface area (Å²) in [5.41, 5.74) is 1.31. The van der Waals surface area contributed by atoms with Crippen molar-refractivity contribution in [1.29, 1.82) is 5.41 Å². The summed E-state index contributed by atoms with van der Waals surface area (Å²) in [5.74, 6) is 0.0763. The van der Waals surface area contributed by atoms with E-state index in [0.717, 1.165) is 30.2 Å². The minimum Gasteiger partial charge on any atom is -0.317 e. The normalized spacial score (nSPS) is 15.8. The smallest absolute Gasteiger partial charge is 0.261 e. The highest BCUT2D eigenvalue weighted by Gasteiger charge is 2.24. The summed E-state index contributed by atoms with van der Waals surface area (Å²) >= 11 is 0. The van der Waals surface area contributed by atoms with Gasteiger partial charge in [-0.05, 0) is 56.3 Å². The second-order valence-corrected chi connectivity index (χ2v) is 11.2. The van der Waals surface area contributed by atoms with Gasteiger partial charge in [-0.25, -0.2) is 21.1 Å². The van der Waals surface area contributed by atoms with Gasteiger partial charge in [-0.2, -0.15) is 0 Å². The highest BCUT2D eigenvalue weighted by molar-refractivity contribution is 7.92. The van der Waals surface area contributed by atoms with Crippen molar-refractivity contribution >= 4 is 31.4 Å². The van der Waals surface area contributed by atoms with E-state index in [0.29, 0.717) is 17.0 Å². The lowest BCUT2D eigenvalue weighted by atomic mass is 9.88. The van der Waals surface area contributed by atoms with Crippen molar-refractivity contribution in [3.63, 3.8) is 0 Å². The van der Waals surface area contributed by atoms with Crippen molar-refractivity contribution in [2.75, 3.05) is 31.9 Å². The summed E-state index contributed by atoms with van der Waals surface area (Å²) in [5, 5.41) is 11.8. The molecular weight excluding hydrogens is 424 g/mol. The van der Waals surface area contributed by atoms with Gasteiger partial charge in [-0.15, -0.1) is 0 Å². The number of rotatable bonds is 7. The first kappa shape index (κ1) is 22.4. The van der Waals surface area contributed by atoms with Crippen LogP contribution in [0.2, 0.25) is 0 Å². The van der Waals surface area contributed by atoms with Crippen LogP contribution in [0.15, 0.2) is 58.3 Å². The number of anilines is 1. The van der Waals surface area contributed by atoms with Gasteiger partial charge in [-0.1, -0.05) is 18.2 Å². The molecule has 8 nitrogen and oxygen atoms in total. The topological polar surface area (TPSA) is 119 Å². The first-order valence-corrected chi connectivity index (χ1v) is 12.5. The van der Waals surface area contributed by atoms with E-state index in [1.807, 2.05) is 0 Å². The fourth-order valence-corrected chi connectivity index (χ4v) is 5.32. The van der Waals surface area contributed by atoms with Crippen LogP contribution in [0.3, 0.4) is 0 Å². The first-order valence-electron chi connectivity index (χ1n) is 9.57. The zero-order chi connectivity index (χ0) is 21.9. The number of sulfonamides is 2. The highest BCUT2D eigenvalue weighted by Crippen LogP contribution is 2.26. The van der Waals surface area contributed by atoms with E-state index in [1.54, 1.807) is 24.3 Å². The number of benzene rings is 2. The molecule has 0 atom stereocenters. The molecule has 1 fully saturated rings. The molecule has 0 spiro atoms. The molecule has 10 heteroatoms. The second-order valence-electron chi connectivity index (χ2n) is 7.35. The average molecular weight is 451 g/mol. The molecule has 1 aliphatic heterocycles. The molecule has 2 aromatic carbocycles. The monoisotopic (exact) mass is 450 g/mol. The van der Waals surface area contributed by atoms with Crippen LogP contribution in [-0.2, 0) is 20.0 Å². The molecule has 162 valence electrons. The Morgan fingerprint density at radius 2 is 1.53 bits per heavy atom. The number of piperidine rings is 1. The molecule has 3 N–H and O–H groups in total. The van der Waals surface area contributed by atoms with E-state index in [9.17, 15) is 16.8 Å². The minimum absolute atomic E-state index is 0.0135. The maximum Gasteiger partial charge on any atom is 0.261 e. The molecule has 0 saturated carbocycles. The van der Waals surface area contributed by atoms with Crippen LogP contribution >= 0.6 is 0 Å². The largest absolute Gasteiger partial charge is 0.317 e. The van der Waals surface area contributed by atoms with Crippen molar-refractivity contribution in [3.05, 3.63) is 54.1 Å². The summed E-state index contributed by atoms with van der Waals surface area (Å²) in [4.78, 5) is -0.0389. The molecule has 2 aromatic rings. The molecule has 3 rings (SSSR count). The van der Waals surface area contributed by atoms with E-state index >= 15 is 0 Å². The van der Waals surface area contributed by atoms with Gasteiger partial charge < -0.3 is 10.7 Å². The third-order valence-corrected chi connectivity index (χ3v) is 8.33. The van der Waals surface area contributed by atoms with Gasteiger partial charge >= 0.3 is 0 Å². The van der Waals surface area contributed by atoms with Gasteiger partial charge in [0.05, 0.1) is 15.5 Å². The van der Waals surface area contributed by atoms with E-state index in [4.69, 9.17) is 5.41 Å². The van der Waals surface area contributed by atoms with E-state index in [1.165, 1.54) is 38.4 Å². The van der Waals surface area contributed by atoms with E-state index < -0.39 is 20.0 Å². The SMILES string of the molecule is CN(C)S(=O)(=O)c1ccc(S(=O)(=O)Nc2ccccc2C(=N)C2CCNCC2)cc1. The van der Waals surface area contributed by atoms with Gasteiger partial charge in [0.15, 0.2) is 0 Å². The van der Waals surface area contributed by atoms with E-state index in [2.05, 4.69) is 10.0 Å². The number of nitrogens with one attached hydrogen (secondary N) is 3. The number of hydrogen-bond acceptors (Lipinski definition) is 6. The third-order valence-electron chi connectivity index (χ3n) is 5.12. The molecule has 0 amide bonds. The van der Waals surface area contributed by atoms with Crippen LogP contribution in [0.4, 0.5) is 5.69 Å². The van der Waals surface area contributed by atoms with Crippen molar-refractivity contribution < 1.29 is 16.8 Å². The van der Waals surface area contributed by atoms with Crippen molar-refractivity contribution in [1.82, 2.24) is 9.62 Å². The Morgan fingerprint density at radius 3 is 2.13 bits per heavy atom. The molecule has 0 radical (unpaired) electrons. The summed E-state index contributed by atoms with van der Waals surface area (Å²) < 4.78 is 53.8. The maximum absolute atomic E-state index is 12.9. The Bertz CT molecular complexity index is 1120. The van der Waals surface area contributed by atoms with Crippen LogP contribution in [0.1, 0.15) is 18.4 Å². The van der Waals surface area contributed by atoms with Gasteiger partial charge in [-0.3, -0.25) is 4.72 Å². The molecule has 0 aliphatic carbocycles. The van der Waals surface area contributed by atoms with Gasteiger partial charge in [0.25, 0.3) is 10.0 Å². The second kappa shape index (κ2) is 8.84. The van der Waals surface area contributed by atoms with Gasteiger partial charge in [0.2, 0.25) is 10.0 Å². The quantitative estimate of drug-likeness (QED) is 0.558. The predicted molar refractivity (Wildman–Crippen MR) is 117 cm³/mol. The van der Waals surface area contributed by atoms with Crippen LogP contribution < -0.4 is 10.0 Å². The van der Waals surface area contributed by atoms with Crippen LogP contribution in [0, 0.1) is 11.3 Å². The zero-order valence-corrected chi connectivity index (χ0v) is 18.6. The van der Waals surface area contributed by atoms with Crippen molar-refractivity contribution in [3.8, 4) is 0 Å². The van der Waals surface area contributed by atoms with Crippen molar-refractivity contribution in [2.45, 2.75) is 22.6 Å². The Morgan fingerprint density at radius 1 is 0.967 bits per heavy atom. The lowest BCUT2D eigenvalue weighted by Crippen LogP contribution is -2.32. The van der Waals surface area contributed by atoms with Crippen molar-refractivity contribution in [2.24, 2.45) is 5.92 Å². The number of hydrogen-bond donors (Lipinski definition) is 3. The third kappa shape index (κ3) is 4.72. The lowest BCUT2D eigenvalue weighted by molar-refractivity contribution is 0.456. The van der Waals surface area contributed by atoms with Crippen LogP contribution in [0.25, 0.3) is 0 Å². The fourth-order valence-electron chi connectivity index (χ4n) is 3.34. The van der Waals surface area contributed by atoms with Crippen LogP contribution in [0.5, 0.6) is 0 Å². The molecule has 0 aromatic heterocycles. The fraction of sp³-hybridized carbons (Fsp3) is 0.350. The zero-order valence-electron chi connectivity index (χ0n) is 16.9. The van der Waals surface area contributed by atoms with Gasteiger partial charge in [0.1, 0.15) is 0 Å². The standard InChI is InChI=1S/C20H26N4O4S2/c1-24(2)30(27,28)17-9-7-16(8-10-17)29(25,26)23-19-6-4-3-5-18(19)20(21)15-11-13-22-14-12-15/h3-10,15,21-23H,11-14H2,1-2H3. The Labute approximate surface area is 177 Å². The van der Waals surface area contributed by atoms with E-state index in [-0.39, 0.29) is 15.7 Å². The lowest BCUT2D eigenvalue weighted by Gasteiger charge is -2.24. The Balaban J connectivity index is 1.86. The average Bonchev–Trinajstić information content (AvgIpc) is 2.74. The molecule has 1 saturated heterocycles. The number of nitrogens with zero attached hydrogens (tertiary/aromatic N) is 1.